The van der Waals surface area contributed by atoms with Crippen LogP contribution in [-0.4, -0.2) is 35.5 Å². The minimum atomic E-state index is -0.178. The first kappa shape index (κ1) is 16.0. The average molecular weight is 329 g/mol. The van der Waals surface area contributed by atoms with Crippen LogP contribution in [0.25, 0.3) is 0 Å². The fraction of sp³-hybridized carbons (Fsp3) is 0.500. The van der Waals surface area contributed by atoms with E-state index in [4.69, 9.17) is 5.73 Å². The summed E-state index contributed by atoms with van der Waals surface area (Å²) >= 11 is 3.31. The van der Waals surface area contributed by atoms with Gasteiger partial charge in [-0.15, -0.1) is 0 Å². The van der Waals surface area contributed by atoms with Crippen molar-refractivity contribution < 1.29 is 9.90 Å². The van der Waals surface area contributed by atoms with Crippen LogP contribution < -0.4 is 5.73 Å². The number of rotatable bonds is 5. The summed E-state index contributed by atoms with van der Waals surface area (Å²) in [6, 6.07) is 4.85. The lowest BCUT2D eigenvalue weighted by atomic mass is 9.93. The number of benzene rings is 1. The predicted octanol–water partition coefficient (Wildman–Crippen LogP) is 2.60. The minimum Gasteiger partial charge on any atom is -0.507 e. The maximum absolute atomic E-state index is 12.4. The standard InChI is InChI=1S/C14H21BrN2O2/c1-4-17(9-14(2,3)8-16)13(19)11-7-10(15)5-6-12(11)18/h5-7,18H,4,8-9,16H2,1-3H3. The third-order valence-electron chi connectivity index (χ3n) is 3.03. The summed E-state index contributed by atoms with van der Waals surface area (Å²) in [5.41, 5.74) is 5.87. The van der Waals surface area contributed by atoms with Crippen LogP contribution in [0.5, 0.6) is 5.75 Å². The highest BCUT2D eigenvalue weighted by molar-refractivity contribution is 9.10. The molecule has 0 aliphatic rings. The first-order valence-electron chi connectivity index (χ1n) is 6.28. The van der Waals surface area contributed by atoms with Gasteiger partial charge in [-0.25, -0.2) is 0 Å². The minimum absolute atomic E-state index is 0.00259. The van der Waals surface area contributed by atoms with Gasteiger partial charge >= 0.3 is 0 Å². The number of hydrogen-bond donors (Lipinski definition) is 2. The monoisotopic (exact) mass is 328 g/mol. The Hall–Kier alpha value is -1.07. The molecule has 0 heterocycles. The van der Waals surface area contributed by atoms with E-state index in [1.54, 1.807) is 17.0 Å². The molecule has 0 aromatic heterocycles. The number of nitrogens with zero attached hydrogens (tertiary/aromatic N) is 1. The molecule has 0 fully saturated rings. The summed E-state index contributed by atoms with van der Waals surface area (Å²) in [7, 11) is 0. The van der Waals surface area contributed by atoms with Crippen molar-refractivity contribution in [3.05, 3.63) is 28.2 Å². The lowest BCUT2D eigenvalue weighted by molar-refractivity contribution is 0.0697. The van der Waals surface area contributed by atoms with Crippen LogP contribution in [0, 0.1) is 5.41 Å². The number of amides is 1. The van der Waals surface area contributed by atoms with Gasteiger partial charge < -0.3 is 15.7 Å². The molecule has 5 heteroatoms. The number of aromatic hydroxyl groups is 1. The van der Waals surface area contributed by atoms with Crippen LogP contribution in [0.3, 0.4) is 0 Å². The maximum Gasteiger partial charge on any atom is 0.257 e. The molecule has 1 aromatic carbocycles. The highest BCUT2D eigenvalue weighted by atomic mass is 79.9. The molecular formula is C14H21BrN2O2. The third kappa shape index (κ3) is 4.21. The van der Waals surface area contributed by atoms with Gasteiger partial charge in [0.05, 0.1) is 5.56 Å². The van der Waals surface area contributed by atoms with Gasteiger partial charge in [0.25, 0.3) is 5.91 Å². The zero-order chi connectivity index (χ0) is 14.6. The summed E-state index contributed by atoms with van der Waals surface area (Å²) in [6.07, 6.45) is 0. The Morgan fingerprint density at radius 2 is 2.11 bits per heavy atom. The number of phenols is 1. The van der Waals surface area contributed by atoms with Crippen molar-refractivity contribution in [2.24, 2.45) is 11.1 Å². The molecule has 4 nitrogen and oxygen atoms in total. The van der Waals surface area contributed by atoms with E-state index < -0.39 is 0 Å². The van der Waals surface area contributed by atoms with E-state index in [2.05, 4.69) is 15.9 Å². The summed E-state index contributed by atoms with van der Waals surface area (Å²) in [4.78, 5) is 14.1. The first-order chi connectivity index (χ1) is 8.80. The molecule has 0 spiro atoms. The number of nitrogens with two attached hydrogens (primary N) is 1. The lowest BCUT2D eigenvalue weighted by Crippen LogP contribution is -2.42. The second-order valence-electron chi connectivity index (χ2n) is 5.35. The van der Waals surface area contributed by atoms with E-state index >= 15 is 0 Å². The van der Waals surface area contributed by atoms with Crippen LogP contribution in [0.4, 0.5) is 0 Å². The molecule has 19 heavy (non-hydrogen) atoms. The quantitative estimate of drug-likeness (QED) is 0.873. The maximum atomic E-state index is 12.4. The fourth-order valence-electron chi connectivity index (χ4n) is 1.76. The molecule has 1 amide bonds. The second kappa shape index (κ2) is 6.39. The summed E-state index contributed by atoms with van der Waals surface area (Å²) in [6.45, 7) is 7.59. The van der Waals surface area contributed by atoms with Crippen molar-refractivity contribution in [3.63, 3.8) is 0 Å². The molecule has 1 rings (SSSR count). The van der Waals surface area contributed by atoms with E-state index in [1.807, 2.05) is 20.8 Å². The van der Waals surface area contributed by atoms with Gasteiger partial charge in [-0.05, 0) is 37.1 Å². The Labute approximate surface area is 122 Å². The van der Waals surface area contributed by atoms with Crippen molar-refractivity contribution in [3.8, 4) is 5.75 Å². The molecule has 1 aromatic rings. The van der Waals surface area contributed by atoms with Gasteiger partial charge in [-0.1, -0.05) is 29.8 Å². The van der Waals surface area contributed by atoms with Crippen LogP contribution in [-0.2, 0) is 0 Å². The Balaban J connectivity index is 2.99. The SMILES string of the molecule is CCN(CC(C)(C)CN)C(=O)c1cc(Br)ccc1O. The Bertz CT molecular complexity index is 461. The summed E-state index contributed by atoms with van der Waals surface area (Å²) < 4.78 is 0.766. The zero-order valence-corrected chi connectivity index (χ0v) is 13.2. The van der Waals surface area contributed by atoms with Gasteiger partial charge in [-0.3, -0.25) is 4.79 Å². The van der Waals surface area contributed by atoms with Crippen LogP contribution in [0.2, 0.25) is 0 Å². The highest BCUT2D eigenvalue weighted by Gasteiger charge is 2.25. The zero-order valence-electron chi connectivity index (χ0n) is 11.6. The Morgan fingerprint density at radius 3 is 2.63 bits per heavy atom. The van der Waals surface area contributed by atoms with E-state index in [0.29, 0.717) is 25.2 Å². The van der Waals surface area contributed by atoms with Crippen molar-refractivity contribution in [2.45, 2.75) is 20.8 Å². The van der Waals surface area contributed by atoms with E-state index in [0.717, 1.165) is 4.47 Å². The molecule has 0 unspecified atom stereocenters. The van der Waals surface area contributed by atoms with Gasteiger partial charge in [0.15, 0.2) is 0 Å². The van der Waals surface area contributed by atoms with Crippen molar-refractivity contribution in [1.29, 1.82) is 0 Å². The van der Waals surface area contributed by atoms with E-state index in [9.17, 15) is 9.90 Å². The first-order valence-corrected chi connectivity index (χ1v) is 7.08. The Morgan fingerprint density at radius 1 is 1.47 bits per heavy atom. The van der Waals surface area contributed by atoms with Gasteiger partial charge in [0.2, 0.25) is 0 Å². The van der Waals surface area contributed by atoms with Gasteiger partial charge in [0.1, 0.15) is 5.75 Å². The van der Waals surface area contributed by atoms with E-state index in [1.165, 1.54) is 6.07 Å². The van der Waals surface area contributed by atoms with Crippen LogP contribution >= 0.6 is 15.9 Å². The predicted molar refractivity (Wildman–Crippen MR) is 80.2 cm³/mol. The highest BCUT2D eigenvalue weighted by Crippen LogP contribution is 2.24. The lowest BCUT2D eigenvalue weighted by Gasteiger charge is -2.31. The molecule has 0 saturated heterocycles. The molecular weight excluding hydrogens is 308 g/mol. The number of phenolic OH excluding ortho intramolecular Hbond substituents is 1. The van der Waals surface area contributed by atoms with Gasteiger partial charge in [-0.2, -0.15) is 0 Å². The number of halogens is 1. The number of carbonyl (C=O) groups is 1. The number of hydrogen-bond acceptors (Lipinski definition) is 3. The normalized spacial score (nSPS) is 11.4. The molecule has 106 valence electrons. The van der Waals surface area contributed by atoms with Crippen molar-refractivity contribution in [2.75, 3.05) is 19.6 Å². The topological polar surface area (TPSA) is 66.6 Å². The molecule has 0 aliphatic carbocycles. The Kier molecular flexibility index (Phi) is 5.38. The molecule has 3 N–H and O–H groups in total. The summed E-state index contributed by atoms with van der Waals surface area (Å²) in [5, 5.41) is 9.81. The molecule has 0 atom stereocenters. The summed E-state index contributed by atoms with van der Waals surface area (Å²) in [5.74, 6) is -0.181. The fourth-order valence-corrected chi connectivity index (χ4v) is 2.12. The second-order valence-corrected chi connectivity index (χ2v) is 6.26. The van der Waals surface area contributed by atoms with E-state index in [-0.39, 0.29) is 17.1 Å². The third-order valence-corrected chi connectivity index (χ3v) is 3.52. The molecule has 0 aliphatic heterocycles. The molecule has 0 saturated carbocycles. The molecule has 0 bridgehead atoms. The number of carbonyl (C=O) groups excluding carboxylic acids is 1. The molecule has 0 radical (unpaired) electrons. The van der Waals surface area contributed by atoms with Crippen molar-refractivity contribution >= 4 is 21.8 Å². The van der Waals surface area contributed by atoms with Crippen LogP contribution in [0.1, 0.15) is 31.1 Å². The smallest absolute Gasteiger partial charge is 0.257 e. The van der Waals surface area contributed by atoms with Crippen molar-refractivity contribution in [1.82, 2.24) is 4.90 Å². The largest absolute Gasteiger partial charge is 0.507 e. The van der Waals surface area contributed by atoms with Crippen LogP contribution in [0.15, 0.2) is 22.7 Å². The average Bonchev–Trinajstić information content (AvgIpc) is 2.38. The van der Waals surface area contributed by atoms with Gasteiger partial charge in [0, 0.05) is 17.6 Å².